The molecule has 5 nitrogen and oxygen atoms in total. The highest BCUT2D eigenvalue weighted by Crippen LogP contribution is 2.34. The van der Waals surface area contributed by atoms with Crippen molar-refractivity contribution in [1.29, 1.82) is 0 Å². The highest BCUT2D eigenvalue weighted by molar-refractivity contribution is 6.31. The van der Waals surface area contributed by atoms with Crippen molar-refractivity contribution in [3.05, 3.63) is 64.2 Å². The number of ether oxygens (including phenoxy) is 2. The van der Waals surface area contributed by atoms with Crippen LogP contribution >= 0.6 is 0 Å². The molecule has 0 heterocycles. The summed E-state index contributed by atoms with van der Waals surface area (Å²) in [6, 6.07) is 9.36. The number of benzene rings is 2. The van der Waals surface area contributed by atoms with E-state index >= 15 is 0 Å². The van der Waals surface area contributed by atoms with E-state index in [-0.39, 0.29) is 39.4 Å². The van der Waals surface area contributed by atoms with Crippen molar-refractivity contribution in [3.63, 3.8) is 0 Å². The summed E-state index contributed by atoms with van der Waals surface area (Å²) in [5.74, 6) is -1.04. The Hall–Kier alpha value is -2.95. The van der Waals surface area contributed by atoms with Crippen LogP contribution in [0.25, 0.3) is 0 Å². The maximum absolute atomic E-state index is 12.7. The van der Waals surface area contributed by atoms with Crippen LogP contribution in [0.15, 0.2) is 36.4 Å². The number of rotatable bonds is 2. The number of methoxy groups -OCH3 is 2. The van der Waals surface area contributed by atoms with Crippen LogP contribution in [0.4, 0.5) is 0 Å². The van der Waals surface area contributed by atoms with E-state index in [4.69, 9.17) is 9.47 Å². The monoisotopic (exact) mass is 296 g/mol. The third-order valence-electron chi connectivity index (χ3n) is 3.66. The van der Waals surface area contributed by atoms with Crippen molar-refractivity contribution in [3.8, 4) is 5.75 Å². The second-order valence-corrected chi connectivity index (χ2v) is 4.76. The Morgan fingerprint density at radius 1 is 0.864 bits per heavy atom. The van der Waals surface area contributed by atoms with Crippen molar-refractivity contribution in [2.45, 2.75) is 0 Å². The zero-order valence-electron chi connectivity index (χ0n) is 12.0. The number of carbonyl (C=O) groups is 3. The molecule has 0 aromatic heterocycles. The highest BCUT2D eigenvalue weighted by Gasteiger charge is 2.35. The van der Waals surface area contributed by atoms with Crippen LogP contribution in [0.2, 0.25) is 0 Å². The molecule has 0 N–H and O–H groups in total. The minimum atomic E-state index is -0.649. The van der Waals surface area contributed by atoms with E-state index in [9.17, 15) is 14.4 Å². The first-order valence-corrected chi connectivity index (χ1v) is 6.58. The summed E-state index contributed by atoms with van der Waals surface area (Å²) in [6.45, 7) is 0. The Balaban J connectivity index is 2.32. The van der Waals surface area contributed by atoms with Gasteiger partial charge in [-0.2, -0.15) is 0 Å². The molecule has 0 spiro atoms. The average Bonchev–Trinajstić information content (AvgIpc) is 2.57. The lowest BCUT2D eigenvalue weighted by Gasteiger charge is -2.20. The number of ketones is 2. The van der Waals surface area contributed by atoms with Gasteiger partial charge in [-0.25, -0.2) is 4.79 Å². The normalized spacial score (nSPS) is 12.5. The maximum Gasteiger partial charge on any atom is 0.338 e. The molecule has 0 unspecified atom stereocenters. The molecular weight excluding hydrogens is 284 g/mol. The van der Waals surface area contributed by atoms with Crippen molar-refractivity contribution in [2.75, 3.05) is 14.2 Å². The third-order valence-corrected chi connectivity index (χ3v) is 3.66. The standard InChI is InChI=1S/C17H12O5/c1-21-12-8-4-6-10-14(12)16(19)9-5-3-7-11(17(20)22-2)13(9)15(10)18/h3-8H,1-2H3. The van der Waals surface area contributed by atoms with Crippen LogP contribution in [0.5, 0.6) is 5.75 Å². The van der Waals surface area contributed by atoms with Crippen LogP contribution in [-0.2, 0) is 4.74 Å². The van der Waals surface area contributed by atoms with E-state index in [1.54, 1.807) is 24.3 Å². The zero-order chi connectivity index (χ0) is 15.9. The van der Waals surface area contributed by atoms with Crippen LogP contribution < -0.4 is 4.74 Å². The highest BCUT2D eigenvalue weighted by atomic mass is 16.5. The molecule has 3 rings (SSSR count). The summed E-state index contributed by atoms with van der Waals surface area (Å²) in [7, 11) is 2.67. The van der Waals surface area contributed by atoms with Crippen molar-refractivity contribution >= 4 is 17.5 Å². The van der Waals surface area contributed by atoms with Crippen molar-refractivity contribution in [1.82, 2.24) is 0 Å². The lowest BCUT2D eigenvalue weighted by atomic mass is 9.81. The van der Waals surface area contributed by atoms with Crippen LogP contribution in [-0.4, -0.2) is 31.8 Å². The molecule has 0 radical (unpaired) electrons. The van der Waals surface area contributed by atoms with E-state index in [2.05, 4.69) is 0 Å². The molecule has 1 aliphatic rings. The molecule has 2 aromatic rings. The molecule has 22 heavy (non-hydrogen) atoms. The lowest BCUT2D eigenvalue weighted by Crippen LogP contribution is -2.24. The number of esters is 1. The van der Waals surface area contributed by atoms with Gasteiger partial charge in [0.1, 0.15) is 5.75 Å². The van der Waals surface area contributed by atoms with Crippen LogP contribution in [0.3, 0.4) is 0 Å². The third kappa shape index (κ3) is 1.83. The number of fused-ring (bicyclic) bond motifs is 2. The Morgan fingerprint density at radius 3 is 2.09 bits per heavy atom. The molecule has 0 aliphatic heterocycles. The van der Waals surface area contributed by atoms with E-state index < -0.39 is 5.97 Å². The summed E-state index contributed by atoms with van der Waals surface area (Å²) in [5.41, 5.74) is 0.814. The van der Waals surface area contributed by atoms with E-state index in [1.807, 2.05) is 0 Å². The first-order chi connectivity index (χ1) is 10.6. The van der Waals surface area contributed by atoms with Gasteiger partial charge in [-0.3, -0.25) is 9.59 Å². The van der Waals surface area contributed by atoms with Gasteiger partial charge in [-0.15, -0.1) is 0 Å². The molecule has 0 atom stereocenters. The molecular formula is C17H12O5. The van der Waals surface area contributed by atoms with Crippen LogP contribution in [0, 0.1) is 0 Å². The minimum absolute atomic E-state index is 0.0834. The predicted molar refractivity (Wildman–Crippen MR) is 77.6 cm³/mol. The van der Waals surface area contributed by atoms with Gasteiger partial charge in [0.25, 0.3) is 0 Å². The lowest BCUT2D eigenvalue weighted by molar-refractivity contribution is 0.0597. The van der Waals surface area contributed by atoms with E-state index in [0.717, 1.165) is 0 Å². The zero-order valence-corrected chi connectivity index (χ0v) is 12.0. The van der Waals surface area contributed by atoms with Gasteiger partial charge < -0.3 is 9.47 Å². The first kappa shape index (κ1) is 14.0. The Kier molecular flexibility index (Phi) is 3.25. The van der Waals surface area contributed by atoms with Gasteiger partial charge in [0.15, 0.2) is 11.6 Å². The predicted octanol–water partition coefficient (Wildman–Crippen LogP) is 2.26. The molecule has 2 aromatic carbocycles. The molecule has 0 amide bonds. The molecule has 110 valence electrons. The Morgan fingerprint density at radius 2 is 1.45 bits per heavy atom. The van der Waals surface area contributed by atoms with Crippen molar-refractivity contribution < 1.29 is 23.9 Å². The van der Waals surface area contributed by atoms with E-state index in [0.29, 0.717) is 5.75 Å². The van der Waals surface area contributed by atoms with Crippen molar-refractivity contribution in [2.24, 2.45) is 0 Å². The number of carbonyl (C=O) groups excluding carboxylic acids is 3. The summed E-state index contributed by atoms with van der Waals surface area (Å²) < 4.78 is 9.87. The Bertz CT molecular complexity index is 820. The van der Waals surface area contributed by atoms with Crippen LogP contribution in [0.1, 0.15) is 42.2 Å². The molecule has 1 aliphatic carbocycles. The fourth-order valence-corrected chi connectivity index (χ4v) is 2.66. The summed E-state index contributed by atoms with van der Waals surface area (Å²) >= 11 is 0. The second kappa shape index (κ2) is 5.11. The number of hydrogen-bond donors (Lipinski definition) is 0. The molecule has 0 bridgehead atoms. The van der Waals surface area contributed by atoms with Gasteiger partial charge in [0, 0.05) is 16.7 Å². The topological polar surface area (TPSA) is 69.7 Å². The number of hydrogen-bond acceptors (Lipinski definition) is 5. The smallest absolute Gasteiger partial charge is 0.338 e. The van der Waals surface area contributed by atoms with E-state index in [1.165, 1.54) is 26.4 Å². The first-order valence-electron chi connectivity index (χ1n) is 6.58. The fraction of sp³-hybridized carbons (Fsp3) is 0.118. The molecule has 0 fully saturated rings. The van der Waals surface area contributed by atoms with Gasteiger partial charge in [0.05, 0.1) is 25.3 Å². The fourth-order valence-electron chi connectivity index (χ4n) is 2.66. The quantitative estimate of drug-likeness (QED) is 0.678. The summed E-state index contributed by atoms with van der Waals surface area (Å²) in [4.78, 5) is 37.3. The Labute approximate surface area is 126 Å². The SMILES string of the molecule is COC(=O)c1cccc2c1C(=O)c1cccc(OC)c1C2=O. The molecule has 5 heteroatoms. The minimum Gasteiger partial charge on any atom is -0.496 e. The van der Waals surface area contributed by atoms with Gasteiger partial charge in [-0.05, 0) is 12.1 Å². The van der Waals surface area contributed by atoms with Gasteiger partial charge in [-0.1, -0.05) is 24.3 Å². The summed E-state index contributed by atoms with van der Waals surface area (Å²) in [5, 5.41) is 0. The largest absolute Gasteiger partial charge is 0.496 e. The van der Waals surface area contributed by atoms with Gasteiger partial charge >= 0.3 is 5.97 Å². The summed E-state index contributed by atoms with van der Waals surface area (Å²) in [6.07, 6.45) is 0. The maximum atomic E-state index is 12.7. The molecule has 0 saturated heterocycles. The van der Waals surface area contributed by atoms with Gasteiger partial charge in [0.2, 0.25) is 0 Å². The molecule has 0 saturated carbocycles. The average molecular weight is 296 g/mol. The second-order valence-electron chi connectivity index (χ2n) is 4.76.